The molecule has 0 saturated carbocycles. The molecule has 3 aromatic rings. The van der Waals surface area contributed by atoms with Crippen LogP contribution in [0.1, 0.15) is 57.1 Å². The molecule has 178 valence electrons. The highest BCUT2D eigenvalue weighted by Crippen LogP contribution is 2.22. The SMILES string of the molecule is CCC(CC)OS(=O)(=O)CCC(CCCc1cccc2ccccc12)OCc1ccccc1. The average Bonchev–Trinajstić information content (AvgIpc) is 2.84. The molecule has 0 fully saturated rings. The molecular weight excluding hydrogens is 432 g/mol. The third kappa shape index (κ3) is 8.26. The van der Waals surface area contributed by atoms with E-state index in [-0.39, 0.29) is 18.0 Å². The van der Waals surface area contributed by atoms with Gasteiger partial charge in [-0.1, -0.05) is 86.6 Å². The molecule has 0 aliphatic rings. The van der Waals surface area contributed by atoms with E-state index in [4.69, 9.17) is 8.92 Å². The minimum Gasteiger partial charge on any atom is -0.374 e. The van der Waals surface area contributed by atoms with Crippen LogP contribution in [0.4, 0.5) is 0 Å². The third-order valence-electron chi connectivity index (χ3n) is 6.06. The molecule has 4 nitrogen and oxygen atoms in total. The molecule has 3 aromatic carbocycles. The first-order chi connectivity index (χ1) is 16.0. The Balaban J connectivity index is 1.61. The summed E-state index contributed by atoms with van der Waals surface area (Å²) in [6, 6.07) is 24.9. The molecular formula is C28H36O4S. The predicted octanol–water partition coefficient (Wildman–Crippen LogP) is 6.67. The minimum absolute atomic E-state index is 0.0166. The summed E-state index contributed by atoms with van der Waals surface area (Å²) < 4.78 is 36.6. The number of hydrogen-bond donors (Lipinski definition) is 0. The van der Waals surface area contributed by atoms with E-state index in [1.54, 1.807) is 0 Å². The standard InChI is InChI=1S/C28H36O4S/c1-3-26(4-2)32-33(29,30)21-20-27(31-22-23-12-6-5-7-13-23)18-11-17-25-16-10-15-24-14-8-9-19-28(24)25/h5-10,12-16,19,26-27H,3-4,11,17-18,20-22H2,1-2H3. The smallest absolute Gasteiger partial charge is 0.267 e. The first-order valence-electron chi connectivity index (χ1n) is 12.0. The Morgan fingerprint density at radius 3 is 2.24 bits per heavy atom. The second-order valence-corrected chi connectivity index (χ2v) is 10.3. The molecule has 0 saturated heterocycles. The summed E-state index contributed by atoms with van der Waals surface area (Å²) in [4.78, 5) is 0. The summed E-state index contributed by atoms with van der Waals surface area (Å²) in [7, 11) is -3.57. The maximum Gasteiger partial charge on any atom is 0.267 e. The number of aryl methyl sites for hydroxylation is 1. The average molecular weight is 469 g/mol. The Bertz CT molecular complexity index is 1070. The van der Waals surface area contributed by atoms with Gasteiger partial charge in [0.1, 0.15) is 0 Å². The Hall–Kier alpha value is -2.21. The monoisotopic (exact) mass is 468 g/mol. The Morgan fingerprint density at radius 2 is 1.48 bits per heavy atom. The van der Waals surface area contributed by atoms with Gasteiger partial charge in [0.2, 0.25) is 0 Å². The number of benzene rings is 3. The molecule has 0 spiro atoms. The molecule has 1 unspecified atom stereocenters. The van der Waals surface area contributed by atoms with Crippen molar-refractivity contribution >= 4 is 20.9 Å². The van der Waals surface area contributed by atoms with E-state index < -0.39 is 10.1 Å². The quantitative estimate of drug-likeness (QED) is 0.248. The summed E-state index contributed by atoms with van der Waals surface area (Å²) in [6.45, 7) is 4.37. The van der Waals surface area contributed by atoms with Crippen molar-refractivity contribution in [2.45, 2.75) is 71.2 Å². The summed E-state index contributed by atoms with van der Waals surface area (Å²) in [5.74, 6) is -0.0166. The lowest BCUT2D eigenvalue weighted by Crippen LogP contribution is -2.23. The lowest BCUT2D eigenvalue weighted by Gasteiger charge is -2.20. The van der Waals surface area contributed by atoms with Gasteiger partial charge >= 0.3 is 0 Å². The molecule has 0 aliphatic carbocycles. The van der Waals surface area contributed by atoms with E-state index in [0.29, 0.717) is 25.9 Å². The van der Waals surface area contributed by atoms with Crippen molar-refractivity contribution in [2.24, 2.45) is 0 Å². The van der Waals surface area contributed by atoms with Crippen LogP contribution in [0.2, 0.25) is 0 Å². The van der Waals surface area contributed by atoms with E-state index in [1.807, 2.05) is 44.2 Å². The van der Waals surface area contributed by atoms with Crippen LogP contribution >= 0.6 is 0 Å². The number of ether oxygens (including phenoxy) is 1. The maximum absolute atomic E-state index is 12.5. The van der Waals surface area contributed by atoms with Gasteiger partial charge in [0.15, 0.2) is 0 Å². The van der Waals surface area contributed by atoms with E-state index in [2.05, 4.69) is 42.5 Å². The van der Waals surface area contributed by atoms with Gasteiger partial charge in [0, 0.05) is 0 Å². The van der Waals surface area contributed by atoms with Crippen LogP contribution in [0, 0.1) is 0 Å². The first kappa shape index (κ1) is 25.4. The fourth-order valence-electron chi connectivity index (χ4n) is 4.09. The first-order valence-corrected chi connectivity index (χ1v) is 13.6. The Labute approximate surface area is 199 Å². The fourth-order valence-corrected chi connectivity index (χ4v) is 5.42. The minimum atomic E-state index is -3.57. The van der Waals surface area contributed by atoms with Crippen molar-refractivity contribution in [3.8, 4) is 0 Å². The Kier molecular flexibility index (Phi) is 9.92. The van der Waals surface area contributed by atoms with Crippen molar-refractivity contribution in [3.63, 3.8) is 0 Å². The molecule has 0 aromatic heterocycles. The number of rotatable bonds is 14. The van der Waals surface area contributed by atoms with Crippen molar-refractivity contribution in [2.75, 3.05) is 5.75 Å². The molecule has 0 bridgehead atoms. The van der Waals surface area contributed by atoms with E-state index in [1.165, 1.54) is 16.3 Å². The van der Waals surface area contributed by atoms with Crippen LogP contribution in [0.5, 0.6) is 0 Å². The summed E-state index contributed by atoms with van der Waals surface area (Å²) in [5, 5.41) is 2.53. The van der Waals surface area contributed by atoms with Crippen molar-refractivity contribution in [1.29, 1.82) is 0 Å². The summed E-state index contributed by atoms with van der Waals surface area (Å²) >= 11 is 0. The highest BCUT2D eigenvalue weighted by Gasteiger charge is 2.20. The number of hydrogen-bond acceptors (Lipinski definition) is 4. The van der Waals surface area contributed by atoms with Crippen molar-refractivity contribution < 1.29 is 17.3 Å². The van der Waals surface area contributed by atoms with Crippen LogP contribution in [-0.4, -0.2) is 26.4 Å². The van der Waals surface area contributed by atoms with E-state index in [0.717, 1.165) is 24.8 Å². The topological polar surface area (TPSA) is 52.6 Å². The van der Waals surface area contributed by atoms with Gasteiger partial charge in [-0.15, -0.1) is 0 Å². The van der Waals surface area contributed by atoms with Crippen LogP contribution < -0.4 is 0 Å². The normalized spacial score (nSPS) is 12.9. The van der Waals surface area contributed by atoms with Crippen molar-refractivity contribution in [3.05, 3.63) is 83.9 Å². The molecule has 0 N–H and O–H groups in total. The van der Waals surface area contributed by atoms with Gasteiger partial charge in [-0.05, 0) is 60.4 Å². The number of fused-ring (bicyclic) bond motifs is 1. The molecule has 0 amide bonds. The van der Waals surface area contributed by atoms with Gasteiger partial charge in [-0.3, -0.25) is 4.18 Å². The van der Waals surface area contributed by atoms with Gasteiger partial charge in [0.05, 0.1) is 24.6 Å². The lowest BCUT2D eigenvalue weighted by molar-refractivity contribution is 0.0313. The second-order valence-electron chi connectivity index (χ2n) is 8.53. The highest BCUT2D eigenvalue weighted by atomic mass is 32.2. The lowest BCUT2D eigenvalue weighted by atomic mass is 9.99. The van der Waals surface area contributed by atoms with Crippen LogP contribution in [0.3, 0.4) is 0 Å². The highest BCUT2D eigenvalue weighted by molar-refractivity contribution is 7.86. The fraction of sp³-hybridized carbons (Fsp3) is 0.429. The zero-order valence-electron chi connectivity index (χ0n) is 19.8. The van der Waals surface area contributed by atoms with Crippen LogP contribution in [-0.2, 0) is 32.1 Å². The molecule has 3 rings (SSSR count). The largest absolute Gasteiger partial charge is 0.374 e. The Morgan fingerprint density at radius 1 is 0.788 bits per heavy atom. The summed E-state index contributed by atoms with van der Waals surface area (Å²) in [6.07, 6.45) is 4.10. The molecule has 0 radical (unpaired) electrons. The molecule has 0 aliphatic heterocycles. The molecule has 33 heavy (non-hydrogen) atoms. The van der Waals surface area contributed by atoms with Crippen LogP contribution in [0.25, 0.3) is 10.8 Å². The second kappa shape index (κ2) is 12.9. The molecule has 0 heterocycles. The molecule has 5 heteroatoms. The van der Waals surface area contributed by atoms with Gasteiger partial charge < -0.3 is 4.74 Å². The zero-order chi connectivity index (χ0) is 23.5. The third-order valence-corrected chi connectivity index (χ3v) is 7.36. The van der Waals surface area contributed by atoms with E-state index in [9.17, 15) is 8.42 Å². The van der Waals surface area contributed by atoms with Gasteiger partial charge in [-0.25, -0.2) is 0 Å². The predicted molar refractivity (Wildman–Crippen MR) is 136 cm³/mol. The maximum atomic E-state index is 12.5. The molecule has 1 atom stereocenters. The van der Waals surface area contributed by atoms with E-state index >= 15 is 0 Å². The zero-order valence-corrected chi connectivity index (χ0v) is 20.6. The van der Waals surface area contributed by atoms with Gasteiger partial charge in [-0.2, -0.15) is 8.42 Å². The summed E-state index contributed by atoms with van der Waals surface area (Å²) in [5.41, 5.74) is 2.41. The van der Waals surface area contributed by atoms with Crippen LogP contribution in [0.15, 0.2) is 72.8 Å². The van der Waals surface area contributed by atoms with Gasteiger partial charge in [0.25, 0.3) is 10.1 Å². The van der Waals surface area contributed by atoms with Crippen molar-refractivity contribution in [1.82, 2.24) is 0 Å².